The molecule has 0 unspecified atom stereocenters. The Hall–Kier alpha value is -3.88. The van der Waals surface area contributed by atoms with E-state index in [0.29, 0.717) is 0 Å². The second-order valence-corrected chi connectivity index (χ2v) is 7.10. The number of carbonyl (C=O) groups excluding carboxylic acids is 2. The quantitative estimate of drug-likeness (QED) is 0.220. The summed E-state index contributed by atoms with van der Waals surface area (Å²) in [5.41, 5.74) is -5.70. The highest BCUT2D eigenvalue weighted by atomic mass is 19.4. The molecule has 0 aromatic heterocycles. The first-order valence-corrected chi connectivity index (χ1v) is 9.06. The Morgan fingerprint density at radius 3 is 0.750 bits per heavy atom. The van der Waals surface area contributed by atoms with Crippen LogP contribution in [-0.4, -0.2) is 35.5 Å². The standard InChI is InChI=1S/C18H2F18N2O2/c19-1-3(21)7(25)11(8(26)4(1)22)37-13(39)15(29,30)17(33,34)18(35,36)16(31,32)14(40)38-12-9(27)5(23)2(20)6(24)10(12)28/h(H,37,39)(H,38,40). The van der Waals surface area contributed by atoms with Crippen molar-refractivity contribution < 1.29 is 88.6 Å². The molecule has 0 fully saturated rings. The lowest BCUT2D eigenvalue weighted by molar-refractivity contribution is -0.345. The maximum absolute atomic E-state index is 14.0. The van der Waals surface area contributed by atoms with Gasteiger partial charge in [-0.1, -0.05) is 0 Å². The number of hydrogen-bond acceptors (Lipinski definition) is 2. The number of amides is 2. The van der Waals surface area contributed by atoms with Gasteiger partial charge in [-0.25, -0.2) is 43.9 Å². The zero-order valence-corrected chi connectivity index (χ0v) is 17.6. The van der Waals surface area contributed by atoms with E-state index in [2.05, 4.69) is 0 Å². The summed E-state index contributed by atoms with van der Waals surface area (Å²) in [6.45, 7) is 0. The van der Waals surface area contributed by atoms with Crippen LogP contribution in [0.1, 0.15) is 0 Å². The van der Waals surface area contributed by atoms with Gasteiger partial charge in [0.25, 0.3) is 0 Å². The lowest BCUT2D eigenvalue weighted by Gasteiger charge is -2.35. The molecule has 0 bridgehead atoms. The van der Waals surface area contributed by atoms with Gasteiger partial charge in [0.05, 0.1) is 0 Å². The molecular formula is C18H2F18N2O2. The molecule has 0 radical (unpaired) electrons. The van der Waals surface area contributed by atoms with Gasteiger partial charge in [0.1, 0.15) is 11.4 Å². The summed E-state index contributed by atoms with van der Waals surface area (Å²) in [7, 11) is 0. The van der Waals surface area contributed by atoms with Gasteiger partial charge in [0, 0.05) is 0 Å². The Bertz CT molecular complexity index is 1240. The number of carbonyl (C=O) groups is 2. The second-order valence-electron chi connectivity index (χ2n) is 7.10. The van der Waals surface area contributed by atoms with E-state index < -0.39 is 105 Å². The summed E-state index contributed by atoms with van der Waals surface area (Å²) in [5.74, 6) is -69.5. The van der Waals surface area contributed by atoms with E-state index in [-0.39, 0.29) is 10.6 Å². The summed E-state index contributed by atoms with van der Waals surface area (Å²) < 4.78 is 244. The number of anilines is 2. The van der Waals surface area contributed by atoms with Crippen LogP contribution in [0.15, 0.2) is 0 Å². The predicted octanol–water partition coefficient (Wildman–Crippen LogP) is 6.20. The van der Waals surface area contributed by atoms with Gasteiger partial charge in [-0.2, -0.15) is 35.1 Å². The number of alkyl halides is 8. The van der Waals surface area contributed by atoms with E-state index in [1.54, 1.807) is 0 Å². The van der Waals surface area contributed by atoms with Crippen LogP contribution in [0.2, 0.25) is 0 Å². The zero-order chi connectivity index (χ0) is 31.5. The summed E-state index contributed by atoms with van der Waals surface area (Å²) in [5, 5.41) is -0.207. The fourth-order valence-electron chi connectivity index (χ4n) is 2.49. The number of benzene rings is 2. The Kier molecular flexibility index (Phi) is 8.04. The van der Waals surface area contributed by atoms with Crippen LogP contribution in [0.25, 0.3) is 0 Å². The van der Waals surface area contributed by atoms with E-state index in [1.807, 2.05) is 0 Å². The van der Waals surface area contributed by atoms with Crippen LogP contribution in [0.3, 0.4) is 0 Å². The van der Waals surface area contributed by atoms with Crippen LogP contribution in [-0.2, 0) is 9.59 Å². The molecule has 0 aliphatic heterocycles. The monoisotopic (exact) mass is 620 g/mol. The molecule has 22 heteroatoms. The average molecular weight is 620 g/mol. The van der Waals surface area contributed by atoms with Crippen molar-refractivity contribution in [2.24, 2.45) is 0 Å². The molecule has 0 aliphatic rings. The first kappa shape index (κ1) is 32.3. The smallest absolute Gasteiger partial charge is 0.315 e. The van der Waals surface area contributed by atoms with Crippen molar-refractivity contribution in [1.29, 1.82) is 0 Å². The molecule has 2 aromatic rings. The van der Waals surface area contributed by atoms with Gasteiger partial charge in [-0.3, -0.25) is 9.59 Å². The molecule has 222 valence electrons. The largest absolute Gasteiger partial charge is 0.393 e. The minimum atomic E-state index is -7.88. The normalized spacial score (nSPS) is 12.9. The van der Waals surface area contributed by atoms with Crippen LogP contribution < -0.4 is 10.6 Å². The molecule has 0 aliphatic carbocycles. The van der Waals surface area contributed by atoms with E-state index in [4.69, 9.17) is 0 Å². The molecule has 0 saturated carbocycles. The minimum absolute atomic E-state index is 0.103. The van der Waals surface area contributed by atoms with Crippen molar-refractivity contribution in [2.75, 3.05) is 10.6 Å². The third kappa shape index (κ3) is 4.51. The molecule has 2 rings (SSSR count). The molecule has 0 saturated heterocycles. The molecule has 2 aromatic carbocycles. The molecule has 0 atom stereocenters. The van der Waals surface area contributed by atoms with Gasteiger partial charge < -0.3 is 10.6 Å². The summed E-state index contributed by atoms with van der Waals surface area (Å²) in [6.07, 6.45) is 0. The summed E-state index contributed by atoms with van der Waals surface area (Å²) in [6, 6.07) is 0. The summed E-state index contributed by atoms with van der Waals surface area (Å²) >= 11 is 0. The fourth-order valence-corrected chi connectivity index (χ4v) is 2.49. The van der Waals surface area contributed by atoms with Gasteiger partial charge in [-0.15, -0.1) is 0 Å². The van der Waals surface area contributed by atoms with Crippen molar-refractivity contribution in [3.05, 3.63) is 58.2 Å². The number of halogens is 18. The van der Waals surface area contributed by atoms with E-state index in [0.717, 1.165) is 0 Å². The second kappa shape index (κ2) is 9.94. The molecule has 40 heavy (non-hydrogen) atoms. The van der Waals surface area contributed by atoms with Crippen LogP contribution in [0.4, 0.5) is 90.4 Å². The predicted molar refractivity (Wildman–Crippen MR) is 89.5 cm³/mol. The van der Waals surface area contributed by atoms with Gasteiger partial charge in [0.2, 0.25) is 11.6 Å². The number of nitrogens with one attached hydrogen (secondary N) is 2. The first-order valence-electron chi connectivity index (χ1n) is 9.06. The lowest BCUT2D eigenvalue weighted by atomic mass is 9.97. The molecule has 2 amide bonds. The number of hydrogen-bond donors (Lipinski definition) is 2. The van der Waals surface area contributed by atoms with Crippen molar-refractivity contribution >= 4 is 23.2 Å². The SMILES string of the molecule is O=C(Nc1c(F)c(F)c(F)c(F)c1F)C(F)(F)C(F)(F)C(F)(F)C(F)(F)C(=O)Nc1c(F)c(F)c(F)c(F)c1F. The van der Waals surface area contributed by atoms with Crippen molar-refractivity contribution in [3.8, 4) is 0 Å². The minimum Gasteiger partial charge on any atom is -0.315 e. The third-order valence-corrected chi connectivity index (χ3v) is 4.65. The maximum Gasteiger partial charge on any atom is 0.393 e. The van der Waals surface area contributed by atoms with Crippen molar-refractivity contribution in [2.45, 2.75) is 23.7 Å². The van der Waals surface area contributed by atoms with Crippen LogP contribution in [0.5, 0.6) is 0 Å². The zero-order valence-electron chi connectivity index (χ0n) is 17.6. The Morgan fingerprint density at radius 2 is 0.550 bits per heavy atom. The van der Waals surface area contributed by atoms with Gasteiger partial charge in [-0.05, 0) is 0 Å². The Morgan fingerprint density at radius 1 is 0.375 bits per heavy atom. The molecular weight excluding hydrogens is 618 g/mol. The topological polar surface area (TPSA) is 58.2 Å². The van der Waals surface area contributed by atoms with Crippen LogP contribution in [0, 0.1) is 58.2 Å². The lowest BCUT2D eigenvalue weighted by Crippen LogP contribution is -2.67. The number of rotatable bonds is 7. The third-order valence-electron chi connectivity index (χ3n) is 4.65. The highest BCUT2D eigenvalue weighted by molar-refractivity contribution is 5.99. The van der Waals surface area contributed by atoms with Crippen LogP contribution >= 0.6 is 0 Å². The Labute approximate surface area is 205 Å². The highest BCUT2D eigenvalue weighted by Gasteiger charge is 2.84. The molecule has 2 N–H and O–H groups in total. The van der Waals surface area contributed by atoms with Gasteiger partial charge in [0.15, 0.2) is 46.5 Å². The van der Waals surface area contributed by atoms with Gasteiger partial charge >= 0.3 is 35.5 Å². The average Bonchev–Trinajstić information content (AvgIpc) is 2.88. The highest BCUT2D eigenvalue weighted by Crippen LogP contribution is 2.53. The molecule has 4 nitrogen and oxygen atoms in total. The van der Waals surface area contributed by atoms with Crippen molar-refractivity contribution in [3.63, 3.8) is 0 Å². The maximum atomic E-state index is 14.0. The van der Waals surface area contributed by atoms with Crippen molar-refractivity contribution in [1.82, 2.24) is 0 Å². The first-order chi connectivity index (χ1) is 17.9. The van der Waals surface area contributed by atoms with E-state index >= 15 is 0 Å². The van der Waals surface area contributed by atoms with E-state index in [1.165, 1.54) is 0 Å². The molecule has 0 heterocycles. The fraction of sp³-hybridized carbons (Fsp3) is 0.222. The summed E-state index contributed by atoms with van der Waals surface area (Å²) in [4.78, 5) is 22.8. The molecule has 0 spiro atoms. The Balaban J connectivity index is 2.52. The van der Waals surface area contributed by atoms with E-state index in [9.17, 15) is 88.6 Å².